The van der Waals surface area contributed by atoms with Gasteiger partial charge in [0.05, 0.1) is 16.7 Å². The molecule has 0 spiro atoms. The first kappa shape index (κ1) is 9.66. The molecule has 1 aliphatic rings. The average Bonchev–Trinajstić information content (AvgIpc) is 2.43. The van der Waals surface area contributed by atoms with E-state index in [0.29, 0.717) is 0 Å². The third-order valence-electron chi connectivity index (χ3n) is 3.57. The first-order valence-electron chi connectivity index (χ1n) is 6.10. The summed E-state index contributed by atoms with van der Waals surface area (Å²) in [5.41, 5.74) is 5.82. The fourth-order valence-electron chi connectivity index (χ4n) is 2.69. The normalized spacial score (nSPS) is 12.9. The number of benzene rings is 2. The lowest BCUT2D eigenvalue weighted by Crippen LogP contribution is -2.00. The van der Waals surface area contributed by atoms with Gasteiger partial charge < -0.3 is 5.32 Å². The number of hydrogen-bond acceptors (Lipinski definition) is 2. The second-order valence-electron chi connectivity index (χ2n) is 4.67. The van der Waals surface area contributed by atoms with Crippen LogP contribution in [0.5, 0.6) is 0 Å². The molecule has 86 valence electrons. The Morgan fingerprint density at radius 3 is 2.83 bits per heavy atom. The smallest absolute Gasteiger partial charge is 0.0736 e. The fourth-order valence-corrected chi connectivity index (χ4v) is 2.69. The van der Waals surface area contributed by atoms with Crippen LogP contribution in [0.15, 0.2) is 42.6 Å². The van der Waals surface area contributed by atoms with E-state index in [2.05, 4.69) is 48.6 Å². The Balaban J connectivity index is 2.33. The van der Waals surface area contributed by atoms with Crippen LogP contribution < -0.4 is 5.32 Å². The number of hydrogen-bond donors (Lipinski definition) is 1. The van der Waals surface area contributed by atoms with Crippen molar-refractivity contribution in [2.45, 2.75) is 6.92 Å². The number of aromatic nitrogens is 1. The highest BCUT2D eigenvalue weighted by atomic mass is 14.9. The van der Waals surface area contributed by atoms with Crippen LogP contribution in [0.1, 0.15) is 11.1 Å². The van der Waals surface area contributed by atoms with E-state index >= 15 is 0 Å². The molecule has 0 radical (unpaired) electrons. The summed E-state index contributed by atoms with van der Waals surface area (Å²) in [6.07, 6.45) is 4.15. The Kier molecular flexibility index (Phi) is 1.78. The minimum absolute atomic E-state index is 1.06. The van der Waals surface area contributed by atoms with Crippen LogP contribution in [-0.2, 0) is 0 Å². The van der Waals surface area contributed by atoms with Crippen molar-refractivity contribution in [3.63, 3.8) is 0 Å². The summed E-state index contributed by atoms with van der Waals surface area (Å²) in [5.74, 6) is 0. The molecule has 0 fully saturated rings. The highest BCUT2D eigenvalue weighted by Gasteiger charge is 2.14. The van der Waals surface area contributed by atoms with Crippen LogP contribution in [0.4, 0.5) is 5.69 Å². The lowest BCUT2D eigenvalue weighted by molar-refractivity contribution is 1.42. The first-order chi connectivity index (χ1) is 8.84. The van der Waals surface area contributed by atoms with E-state index in [-0.39, 0.29) is 0 Å². The van der Waals surface area contributed by atoms with Gasteiger partial charge in [0.25, 0.3) is 0 Å². The molecule has 0 saturated heterocycles. The van der Waals surface area contributed by atoms with Crippen LogP contribution in [0, 0.1) is 6.92 Å². The molecule has 2 aromatic carbocycles. The third kappa shape index (κ3) is 1.15. The van der Waals surface area contributed by atoms with Crippen molar-refractivity contribution in [1.29, 1.82) is 0 Å². The Labute approximate surface area is 105 Å². The summed E-state index contributed by atoms with van der Waals surface area (Å²) >= 11 is 0. The molecule has 0 unspecified atom stereocenters. The first-order valence-corrected chi connectivity index (χ1v) is 6.10. The second kappa shape index (κ2) is 3.33. The maximum atomic E-state index is 4.75. The number of fused-ring (bicyclic) bond motifs is 2. The summed E-state index contributed by atoms with van der Waals surface area (Å²) in [6.45, 7) is 2.12. The molecule has 2 nitrogen and oxygen atoms in total. The van der Waals surface area contributed by atoms with Crippen molar-refractivity contribution in [2.75, 3.05) is 5.32 Å². The minimum Gasteiger partial charge on any atom is -0.361 e. The second-order valence-corrected chi connectivity index (χ2v) is 4.67. The standard InChI is InChI=1S/C16H12N2/c1-10-6-7-14-15-12(8-9-17-16(10)15)11-4-2-3-5-13(11)18-14/h2-9,17H,1H3. The van der Waals surface area contributed by atoms with E-state index in [9.17, 15) is 0 Å². The largest absolute Gasteiger partial charge is 0.361 e. The molecule has 18 heavy (non-hydrogen) atoms. The Morgan fingerprint density at radius 2 is 1.89 bits per heavy atom. The van der Waals surface area contributed by atoms with Gasteiger partial charge in [-0.3, -0.25) is 0 Å². The molecule has 0 amide bonds. The number of pyridine rings is 1. The highest BCUT2D eigenvalue weighted by Crippen LogP contribution is 2.36. The number of para-hydroxylation sites is 1. The van der Waals surface area contributed by atoms with Gasteiger partial charge in [0.15, 0.2) is 0 Å². The lowest BCUT2D eigenvalue weighted by Gasteiger charge is -2.17. The van der Waals surface area contributed by atoms with E-state index in [1.54, 1.807) is 0 Å². The molecule has 1 N–H and O–H groups in total. The molecule has 4 rings (SSSR count). The van der Waals surface area contributed by atoms with Gasteiger partial charge in [-0.1, -0.05) is 24.3 Å². The molecule has 0 bridgehead atoms. The minimum atomic E-state index is 1.06. The molecule has 1 aliphatic heterocycles. The zero-order valence-corrected chi connectivity index (χ0v) is 10.1. The quantitative estimate of drug-likeness (QED) is 0.590. The van der Waals surface area contributed by atoms with Crippen LogP contribution in [0.2, 0.25) is 0 Å². The summed E-state index contributed by atoms with van der Waals surface area (Å²) in [4.78, 5) is 4.75. The maximum absolute atomic E-state index is 4.75. The zero-order chi connectivity index (χ0) is 12.1. The van der Waals surface area contributed by atoms with E-state index in [4.69, 9.17) is 4.98 Å². The highest BCUT2D eigenvalue weighted by molar-refractivity contribution is 6.10. The van der Waals surface area contributed by atoms with E-state index in [0.717, 1.165) is 11.0 Å². The molecular formula is C16H12N2. The molecule has 2 heteroatoms. The maximum Gasteiger partial charge on any atom is 0.0736 e. The Bertz CT molecular complexity index is 816. The van der Waals surface area contributed by atoms with Gasteiger partial charge in [0, 0.05) is 17.0 Å². The molecule has 0 saturated carbocycles. The van der Waals surface area contributed by atoms with Crippen LogP contribution in [0.3, 0.4) is 0 Å². The number of nitrogens with zero attached hydrogens (tertiary/aromatic N) is 1. The Hall–Kier alpha value is -2.35. The van der Waals surface area contributed by atoms with Crippen molar-refractivity contribution < 1.29 is 0 Å². The zero-order valence-electron chi connectivity index (χ0n) is 10.1. The topological polar surface area (TPSA) is 24.9 Å². The SMILES string of the molecule is Cc1ccc2nc3ccccc3c3c2c1NC=C3. The van der Waals surface area contributed by atoms with Gasteiger partial charge >= 0.3 is 0 Å². The summed E-state index contributed by atoms with van der Waals surface area (Å²) in [6, 6.07) is 12.5. The predicted molar refractivity (Wildman–Crippen MR) is 76.6 cm³/mol. The van der Waals surface area contributed by atoms with Crippen molar-refractivity contribution in [3.8, 4) is 0 Å². The molecule has 0 aliphatic carbocycles. The summed E-state index contributed by atoms with van der Waals surface area (Å²) < 4.78 is 0. The van der Waals surface area contributed by atoms with E-state index in [1.807, 2.05) is 12.3 Å². The average molecular weight is 232 g/mol. The lowest BCUT2D eigenvalue weighted by atomic mass is 9.97. The molecule has 2 heterocycles. The Morgan fingerprint density at radius 1 is 1.00 bits per heavy atom. The molecule has 0 atom stereocenters. The van der Waals surface area contributed by atoms with E-state index in [1.165, 1.54) is 27.6 Å². The van der Waals surface area contributed by atoms with Gasteiger partial charge in [-0.05, 0) is 36.3 Å². The molecule has 1 aromatic heterocycles. The van der Waals surface area contributed by atoms with Crippen molar-refractivity contribution in [2.24, 2.45) is 0 Å². The number of anilines is 1. The number of nitrogens with one attached hydrogen (secondary N) is 1. The van der Waals surface area contributed by atoms with Crippen molar-refractivity contribution in [3.05, 3.63) is 53.7 Å². The van der Waals surface area contributed by atoms with Crippen LogP contribution >= 0.6 is 0 Å². The van der Waals surface area contributed by atoms with Gasteiger partial charge in [-0.2, -0.15) is 0 Å². The van der Waals surface area contributed by atoms with Gasteiger partial charge in [0.1, 0.15) is 0 Å². The monoisotopic (exact) mass is 232 g/mol. The fraction of sp³-hybridized carbons (Fsp3) is 0.0625. The third-order valence-corrected chi connectivity index (χ3v) is 3.57. The summed E-state index contributed by atoms with van der Waals surface area (Å²) in [7, 11) is 0. The predicted octanol–water partition coefficient (Wildman–Crippen LogP) is 4.09. The van der Waals surface area contributed by atoms with Gasteiger partial charge in [-0.25, -0.2) is 4.98 Å². The van der Waals surface area contributed by atoms with E-state index < -0.39 is 0 Å². The van der Waals surface area contributed by atoms with Gasteiger partial charge in [-0.15, -0.1) is 0 Å². The summed E-state index contributed by atoms with van der Waals surface area (Å²) in [5, 5.41) is 5.79. The number of aryl methyl sites for hydroxylation is 1. The van der Waals surface area contributed by atoms with Gasteiger partial charge in [0.2, 0.25) is 0 Å². The number of rotatable bonds is 0. The van der Waals surface area contributed by atoms with Crippen molar-refractivity contribution >= 4 is 33.6 Å². The van der Waals surface area contributed by atoms with Crippen LogP contribution in [-0.4, -0.2) is 4.98 Å². The van der Waals surface area contributed by atoms with Crippen molar-refractivity contribution in [1.82, 2.24) is 4.98 Å². The molecule has 3 aromatic rings. The molecular weight excluding hydrogens is 220 g/mol. The van der Waals surface area contributed by atoms with Crippen LogP contribution in [0.25, 0.3) is 27.9 Å².